The van der Waals surface area contributed by atoms with E-state index >= 15 is 0 Å². The van der Waals surface area contributed by atoms with Gasteiger partial charge in [0.15, 0.2) is 5.82 Å². The van der Waals surface area contributed by atoms with Crippen molar-refractivity contribution in [1.29, 1.82) is 0 Å². The molecule has 1 aliphatic rings. The van der Waals surface area contributed by atoms with Crippen LogP contribution in [0.1, 0.15) is 58.2 Å². The topological polar surface area (TPSA) is 68.5 Å². The molecule has 2 rings (SSSR count). The maximum atomic E-state index is 11.6. The minimum Gasteiger partial charge on any atom is -0.468 e. The first-order valence-electron chi connectivity index (χ1n) is 7.54. The molecule has 0 unspecified atom stereocenters. The fourth-order valence-corrected chi connectivity index (χ4v) is 2.62. The molecule has 0 aliphatic heterocycles. The molecule has 0 atom stereocenters. The van der Waals surface area contributed by atoms with Gasteiger partial charge in [0.1, 0.15) is 0 Å². The molecule has 6 heteroatoms. The highest BCUT2D eigenvalue weighted by Gasteiger charge is 2.27. The molecular formula is C15H25N3O3. The molecule has 1 aliphatic carbocycles. The molecule has 0 aromatic carbocycles. The Morgan fingerprint density at radius 2 is 2.05 bits per heavy atom. The molecule has 1 aromatic rings. The Morgan fingerprint density at radius 3 is 2.57 bits per heavy atom. The van der Waals surface area contributed by atoms with E-state index in [0.717, 1.165) is 12.8 Å². The number of hydrogen-bond acceptors (Lipinski definition) is 6. The van der Waals surface area contributed by atoms with Crippen molar-refractivity contribution < 1.29 is 14.1 Å². The Balaban J connectivity index is 2.06. The first-order chi connectivity index (χ1) is 9.90. The second kappa shape index (κ2) is 6.56. The van der Waals surface area contributed by atoms with Crippen molar-refractivity contribution in [2.45, 2.75) is 64.5 Å². The Hall–Kier alpha value is -1.43. The van der Waals surface area contributed by atoms with E-state index in [0.29, 0.717) is 24.3 Å². The van der Waals surface area contributed by atoms with Gasteiger partial charge >= 0.3 is 5.97 Å². The molecule has 0 amide bonds. The van der Waals surface area contributed by atoms with Gasteiger partial charge < -0.3 is 9.26 Å². The molecule has 0 N–H and O–H groups in total. The summed E-state index contributed by atoms with van der Waals surface area (Å²) in [6.45, 7) is 6.91. The summed E-state index contributed by atoms with van der Waals surface area (Å²) in [6, 6.07) is 0.403. The van der Waals surface area contributed by atoms with Crippen LogP contribution in [0.25, 0.3) is 0 Å². The molecule has 1 saturated carbocycles. The van der Waals surface area contributed by atoms with Gasteiger partial charge in [-0.3, -0.25) is 9.69 Å². The number of methoxy groups -OCH3 is 1. The number of nitrogens with zero attached hydrogens (tertiary/aromatic N) is 3. The van der Waals surface area contributed by atoms with Gasteiger partial charge in [-0.15, -0.1) is 0 Å². The van der Waals surface area contributed by atoms with Crippen molar-refractivity contribution in [1.82, 2.24) is 15.0 Å². The zero-order valence-electron chi connectivity index (χ0n) is 13.4. The van der Waals surface area contributed by atoms with Crippen LogP contribution >= 0.6 is 0 Å². The third-order valence-electron chi connectivity index (χ3n) is 3.86. The van der Waals surface area contributed by atoms with Crippen molar-refractivity contribution in [3.63, 3.8) is 0 Å². The highest BCUT2D eigenvalue weighted by molar-refractivity contribution is 5.71. The Morgan fingerprint density at radius 1 is 1.38 bits per heavy atom. The van der Waals surface area contributed by atoms with Crippen molar-refractivity contribution in [3.8, 4) is 0 Å². The molecule has 1 aromatic heterocycles. The minimum absolute atomic E-state index is 0.161. The number of aromatic nitrogens is 2. The van der Waals surface area contributed by atoms with Crippen molar-refractivity contribution in [3.05, 3.63) is 11.7 Å². The molecule has 118 valence electrons. The highest BCUT2D eigenvalue weighted by atomic mass is 16.5. The van der Waals surface area contributed by atoms with E-state index in [9.17, 15) is 4.79 Å². The Bertz CT molecular complexity index is 473. The summed E-state index contributed by atoms with van der Waals surface area (Å²) in [5.74, 6) is 1.04. The molecule has 0 spiro atoms. The number of esters is 1. The summed E-state index contributed by atoms with van der Waals surface area (Å²) < 4.78 is 10.1. The molecule has 0 radical (unpaired) electrons. The Labute approximate surface area is 125 Å². The first kappa shape index (κ1) is 15.9. The van der Waals surface area contributed by atoms with Gasteiger partial charge in [-0.2, -0.15) is 4.98 Å². The van der Waals surface area contributed by atoms with Crippen LogP contribution in [0.15, 0.2) is 4.52 Å². The molecular weight excluding hydrogens is 270 g/mol. The maximum Gasteiger partial charge on any atom is 0.319 e. The summed E-state index contributed by atoms with van der Waals surface area (Å²) in [6.07, 6.45) is 4.64. The van der Waals surface area contributed by atoms with E-state index in [1.807, 2.05) is 20.8 Å². The molecule has 0 bridgehead atoms. The van der Waals surface area contributed by atoms with E-state index < -0.39 is 0 Å². The van der Waals surface area contributed by atoms with E-state index in [2.05, 4.69) is 15.0 Å². The quantitative estimate of drug-likeness (QED) is 0.776. The maximum absolute atomic E-state index is 11.6. The standard InChI is InChI=1S/C15H25N3O3/c1-15(2,3)14-16-12(17-21-14)9-18(10-13(19)20-4)11-7-5-6-8-11/h11H,5-10H2,1-4H3. The third kappa shape index (κ3) is 4.27. The van der Waals surface area contributed by atoms with Crippen LogP contribution < -0.4 is 0 Å². The normalized spacial score (nSPS) is 16.6. The largest absolute Gasteiger partial charge is 0.468 e. The first-order valence-corrected chi connectivity index (χ1v) is 7.54. The predicted octanol–water partition coefficient (Wildman–Crippen LogP) is 2.28. The lowest BCUT2D eigenvalue weighted by molar-refractivity contribution is -0.142. The summed E-state index contributed by atoms with van der Waals surface area (Å²) >= 11 is 0. The van der Waals surface area contributed by atoms with Crippen molar-refractivity contribution in [2.24, 2.45) is 0 Å². The van der Waals surface area contributed by atoms with Crippen LogP contribution in [0, 0.1) is 0 Å². The fourth-order valence-electron chi connectivity index (χ4n) is 2.62. The predicted molar refractivity (Wildman–Crippen MR) is 77.7 cm³/mol. The van der Waals surface area contributed by atoms with Gasteiger partial charge in [0, 0.05) is 11.5 Å². The SMILES string of the molecule is COC(=O)CN(Cc1noc(C(C)(C)C)n1)C1CCCC1. The third-order valence-corrected chi connectivity index (χ3v) is 3.86. The monoisotopic (exact) mass is 295 g/mol. The minimum atomic E-state index is -0.221. The summed E-state index contributed by atoms with van der Waals surface area (Å²) in [5, 5.41) is 4.05. The molecule has 6 nitrogen and oxygen atoms in total. The second-order valence-electron chi connectivity index (χ2n) is 6.69. The van der Waals surface area contributed by atoms with E-state index in [-0.39, 0.29) is 17.9 Å². The lowest BCUT2D eigenvalue weighted by atomic mass is 9.97. The second-order valence-corrected chi connectivity index (χ2v) is 6.69. The van der Waals surface area contributed by atoms with Crippen molar-refractivity contribution >= 4 is 5.97 Å². The van der Waals surface area contributed by atoms with Crippen molar-refractivity contribution in [2.75, 3.05) is 13.7 Å². The molecule has 21 heavy (non-hydrogen) atoms. The number of rotatable bonds is 5. The lowest BCUT2D eigenvalue weighted by Crippen LogP contribution is -2.37. The van der Waals surface area contributed by atoms with Crippen LogP contribution in [0.2, 0.25) is 0 Å². The van der Waals surface area contributed by atoms with E-state index in [4.69, 9.17) is 9.26 Å². The average Bonchev–Trinajstić information content (AvgIpc) is 3.08. The molecule has 1 fully saturated rings. The van der Waals surface area contributed by atoms with E-state index in [1.165, 1.54) is 20.0 Å². The van der Waals surface area contributed by atoms with Gasteiger partial charge in [0.25, 0.3) is 0 Å². The van der Waals surface area contributed by atoms with Crippen LogP contribution in [0.5, 0.6) is 0 Å². The highest BCUT2D eigenvalue weighted by Crippen LogP contribution is 2.25. The van der Waals surface area contributed by atoms with Crippen LogP contribution in [0.3, 0.4) is 0 Å². The summed E-state index contributed by atoms with van der Waals surface area (Å²) in [4.78, 5) is 18.2. The number of ether oxygens (including phenoxy) is 1. The Kier molecular flexibility index (Phi) is 4.98. The van der Waals surface area contributed by atoms with E-state index in [1.54, 1.807) is 0 Å². The number of carbonyl (C=O) groups excluding carboxylic acids is 1. The van der Waals surface area contributed by atoms with Gasteiger partial charge in [-0.05, 0) is 12.8 Å². The zero-order chi connectivity index (χ0) is 15.5. The van der Waals surface area contributed by atoms with Gasteiger partial charge in [0.05, 0.1) is 20.2 Å². The number of carbonyl (C=O) groups is 1. The summed E-state index contributed by atoms with van der Waals surface area (Å²) in [5.41, 5.74) is -0.161. The summed E-state index contributed by atoms with van der Waals surface area (Å²) in [7, 11) is 1.42. The smallest absolute Gasteiger partial charge is 0.319 e. The van der Waals surface area contributed by atoms with Crippen LogP contribution in [-0.2, 0) is 21.5 Å². The lowest BCUT2D eigenvalue weighted by Gasteiger charge is -2.26. The van der Waals surface area contributed by atoms with Gasteiger partial charge in [-0.25, -0.2) is 0 Å². The zero-order valence-corrected chi connectivity index (χ0v) is 13.4. The number of hydrogen-bond donors (Lipinski definition) is 0. The van der Waals surface area contributed by atoms with Gasteiger partial charge in [-0.1, -0.05) is 38.8 Å². The molecule has 0 saturated heterocycles. The van der Waals surface area contributed by atoms with Crippen LogP contribution in [-0.4, -0.2) is 40.7 Å². The van der Waals surface area contributed by atoms with Crippen LogP contribution in [0.4, 0.5) is 0 Å². The average molecular weight is 295 g/mol. The molecule has 1 heterocycles. The fraction of sp³-hybridized carbons (Fsp3) is 0.800. The van der Waals surface area contributed by atoms with Gasteiger partial charge in [0.2, 0.25) is 5.89 Å².